The predicted molar refractivity (Wildman–Crippen MR) is 65.2 cm³/mol. The van der Waals surface area contributed by atoms with Crippen LogP contribution in [-0.4, -0.2) is 15.7 Å². The first-order valence-electron chi connectivity index (χ1n) is 5.12. The molecule has 84 valence electrons. The number of nitrogens with zero attached hydrogens (tertiary/aromatic N) is 2. The maximum absolute atomic E-state index is 11.7. The van der Waals surface area contributed by atoms with Crippen LogP contribution < -0.4 is 5.32 Å². The highest BCUT2D eigenvalue weighted by Crippen LogP contribution is 2.09. The summed E-state index contributed by atoms with van der Waals surface area (Å²) in [7, 11) is 0. The third-order valence-electron chi connectivity index (χ3n) is 2.18. The van der Waals surface area contributed by atoms with Crippen molar-refractivity contribution in [3.05, 3.63) is 48.3 Å². The van der Waals surface area contributed by atoms with Gasteiger partial charge in [-0.05, 0) is 24.3 Å². The summed E-state index contributed by atoms with van der Waals surface area (Å²) < 4.78 is 1.56. The molecule has 17 heavy (non-hydrogen) atoms. The molecule has 1 amide bonds. The lowest BCUT2D eigenvalue weighted by atomic mass is 10.2. The highest BCUT2D eigenvalue weighted by atomic mass is 16.2. The molecular weight excluding hydrogens is 214 g/mol. The zero-order valence-electron chi connectivity index (χ0n) is 9.13. The Labute approximate surface area is 99.3 Å². The summed E-state index contributed by atoms with van der Waals surface area (Å²) in [6.07, 6.45) is 8.65. The molecule has 2 rings (SSSR count). The number of terminal acetylenes is 1. The fraction of sp³-hybridized carbons (Fsp3) is 0.0769. The third kappa shape index (κ3) is 2.95. The normalized spacial score (nSPS) is 9.59. The van der Waals surface area contributed by atoms with Gasteiger partial charge >= 0.3 is 0 Å². The van der Waals surface area contributed by atoms with Crippen LogP contribution in [0.3, 0.4) is 0 Å². The zero-order valence-corrected chi connectivity index (χ0v) is 9.13. The van der Waals surface area contributed by atoms with Crippen LogP contribution in [0, 0.1) is 12.3 Å². The first kappa shape index (κ1) is 11.0. The van der Waals surface area contributed by atoms with E-state index in [1.165, 1.54) is 0 Å². The second kappa shape index (κ2) is 4.99. The molecule has 0 aliphatic heterocycles. The Morgan fingerprint density at radius 1 is 1.47 bits per heavy atom. The molecule has 0 aliphatic rings. The minimum absolute atomic E-state index is 0.136. The van der Waals surface area contributed by atoms with Gasteiger partial charge in [0.1, 0.15) is 6.54 Å². The lowest BCUT2D eigenvalue weighted by Gasteiger charge is -2.05. The topological polar surface area (TPSA) is 46.9 Å². The SMILES string of the molecule is C#Cc1cccc(NC(=O)Cn2cccn2)c1. The van der Waals surface area contributed by atoms with Gasteiger partial charge in [-0.25, -0.2) is 0 Å². The molecule has 0 fully saturated rings. The molecule has 0 bridgehead atoms. The smallest absolute Gasteiger partial charge is 0.246 e. The van der Waals surface area contributed by atoms with E-state index in [1.807, 2.05) is 6.07 Å². The molecule has 0 spiro atoms. The molecule has 0 atom stereocenters. The molecule has 4 nitrogen and oxygen atoms in total. The monoisotopic (exact) mass is 225 g/mol. The molecule has 1 heterocycles. The van der Waals surface area contributed by atoms with Crippen molar-refractivity contribution in [2.24, 2.45) is 0 Å². The summed E-state index contributed by atoms with van der Waals surface area (Å²) in [5.74, 6) is 2.38. The minimum atomic E-state index is -0.136. The van der Waals surface area contributed by atoms with E-state index in [9.17, 15) is 4.79 Å². The maximum Gasteiger partial charge on any atom is 0.246 e. The second-order valence-corrected chi connectivity index (χ2v) is 3.48. The Morgan fingerprint density at radius 2 is 2.35 bits per heavy atom. The number of rotatable bonds is 3. The number of hydrogen-bond acceptors (Lipinski definition) is 2. The molecule has 0 saturated carbocycles. The predicted octanol–water partition coefficient (Wildman–Crippen LogP) is 1.50. The summed E-state index contributed by atoms with van der Waals surface area (Å²) in [6, 6.07) is 8.93. The van der Waals surface area contributed by atoms with Crippen LogP contribution in [0.2, 0.25) is 0 Å². The Morgan fingerprint density at radius 3 is 3.06 bits per heavy atom. The Bertz CT molecular complexity index is 552. The van der Waals surface area contributed by atoms with Crippen LogP contribution >= 0.6 is 0 Å². The first-order valence-corrected chi connectivity index (χ1v) is 5.12. The summed E-state index contributed by atoms with van der Waals surface area (Å²) in [5.41, 5.74) is 1.43. The molecule has 0 unspecified atom stereocenters. The van der Waals surface area contributed by atoms with E-state index in [1.54, 1.807) is 41.3 Å². The van der Waals surface area contributed by atoms with Gasteiger partial charge in [0.05, 0.1) is 0 Å². The van der Waals surface area contributed by atoms with Gasteiger partial charge in [0, 0.05) is 23.6 Å². The number of hydrogen-bond donors (Lipinski definition) is 1. The quantitative estimate of drug-likeness (QED) is 0.805. The molecular formula is C13H11N3O. The van der Waals surface area contributed by atoms with Crippen molar-refractivity contribution in [2.45, 2.75) is 6.54 Å². The van der Waals surface area contributed by atoms with E-state index in [2.05, 4.69) is 16.3 Å². The largest absolute Gasteiger partial charge is 0.324 e. The molecule has 4 heteroatoms. The van der Waals surface area contributed by atoms with E-state index < -0.39 is 0 Å². The maximum atomic E-state index is 11.7. The van der Waals surface area contributed by atoms with Crippen molar-refractivity contribution < 1.29 is 4.79 Å². The van der Waals surface area contributed by atoms with Crippen LogP contribution in [0.1, 0.15) is 5.56 Å². The summed E-state index contributed by atoms with van der Waals surface area (Å²) in [6.45, 7) is 0.188. The number of anilines is 1. The highest BCUT2D eigenvalue weighted by Gasteiger charge is 2.03. The van der Waals surface area contributed by atoms with E-state index in [4.69, 9.17) is 6.42 Å². The van der Waals surface area contributed by atoms with Gasteiger partial charge in [-0.1, -0.05) is 12.0 Å². The Kier molecular flexibility index (Phi) is 3.22. The van der Waals surface area contributed by atoms with Crippen molar-refractivity contribution >= 4 is 11.6 Å². The van der Waals surface area contributed by atoms with Gasteiger partial charge in [0.15, 0.2) is 0 Å². The Hall–Kier alpha value is -2.54. The van der Waals surface area contributed by atoms with Crippen LogP contribution in [0.15, 0.2) is 42.7 Å². The van der Waals surface area contributed by atoms with Crippen molar-refractivity contribution in [3.8, 4) is 12.3 Å². The first-order chi connectivity index (χ1) is 8.28. The second-order valence-electron chi connectivity index (χ2n) is 3.48. The summed E-state index contributed by atoms with van der Waals surface area (Å²) in [5, 5.41) is 6.71. The van der Waals surface area contributed by atoms with E-state index >= 15 is 0 Å². The van der Waals surface area contributed by atoms with E-state index in [0.717, 1.165) is 5.56 Å². The molecule has 0 saturated heterocycles. The van der Waals surface area contributed by atoms with Crippen LogP contribution in [0.5, 0.6) is 0 Å². The fourth-order valence-corrected chi connectivity index (χ4v) is 1.43. The van der Waals surface area contributed by atoms with Gasteiger partial charge in [0.25, 0.3) is 0 Å². The third-order valence-corrected chi connectivity index (χ3v) is 2.18. The molecule has 1 aromatic heterocycles. The standard InChI is InChI=1S/C13H11N3O/c1-2-11-5-3-6-12(9-11)15-13(17)10-16-8-4-7-14-16/h1,3-9H,10H2,(H,15,17). The van der Waals surface area contributed by atoms with E-state index in [0.29, 0.717) is 5.69 Å². The molecule has 1 aromatic carbocycles. The molecule has 0 aliphatic carbocycles. The lowest BCUT2D eigenvalue weighted by Crippen LogP contribution is -2.18. The van der Waals surface area contributed by atoms with Crippen molar-refractivity contribution in [1.82, 2.24) is 9.78 Å². The molecule has 0 radical (unpaired) electrons. The number of carbonyl (C=O) groups excluding carboxylic acids is 1. The number of amides is 1. The van der Waals surface area contributed by atoms with Crippen LogP contribution in [0.25, 0.3) is 0 Å². The molecule has 2 aromatic rings. The zero-order chi connectivity index (χ0) is 12.1. The minimum Gasteiger partial charge on any atom is -0.324 e. The van der Waals surface area contributed by atoms with Gasteiger partial charge in [0.2, 0.25) is 5.91 Å². The van der Waals surface area contributed by atoms with Crippen molar-refractivity contribution in [3.63, 3.8) is 0 Å². The average Bonchev–Trinajstić information content (AvgIpc) is 2.82. The number of aromatic nitrogens is 2. The van der Waals surface area contributed by atoms with Gasteiger partial charge in [-0.3, -0.25) is 9.48 Å². The van der Waals surface area contributed by atoms with Gasteiger partial charge < -0.3 is 5.32 Å². The Balaban J connectivity index is 2.01. The number of carbonyl (C=O) groups is 1. The average molecular weight is 225 g/mol. The van der Waals surface area contributed by atoms with Gasteiger partial charge in [-0.15, -0.1) is 6.42 Å². The summed E-state index contributed by atoms with van der Waals surface area (Å²) >= 11 is 0. The number of nitrogens with one attached hydrogen (secondary N) is 1. The van der Waals surface area contributed by atoms with Gasteiger partial charge in [-0.2, -0.15) is 5.10 Å². The fourth-order valence-electron chi connectivity index (χ4n) is 1.43. The van der Waals surface area contributed by atoms with Crippen molar-refractivity contribution in [2.75, 3.05) is 5.32 Å². The van der Waals surface area contributed by atoms with Crippen LogP contribution in [-0.2, 0) is 11.3 Å². The number of benzene rings is 1. The summed E-state index contributed by atoms with van der Waals surface area (Å²) in [4.78, 5) is 11.7. The van der Waals surface area contributed by atoms with Crippen LogP contribution in [0.4, 0.5) is 5.69 Å². The van der Waals surface area contributed by atoms with Crippen molar-refractivity contribution in [1.29, 1.82) is 0 Å². The molecule has 1 N–H and O–H groups in total. The van der Waals surface area contributed by atoms with E-state index in [-0.39, 0.29) is 12.5 Å². The lowest BCUT2D eigenvalue weighted by molar-refractivity contribution is -0.116. The highest BCUT2D eigenvalue weighted by molar-refractivity contribution is 5.90.